The molecule has 1 aliphatic carbocycles. The number of carboxylic acid groups (broad SMARTS) is 1. The van der Waals surface area contributed by atoms with Crippen molar-refractivity contribution >= 4 is 28.3 Å². The number of aryl methyl sites for hydroxylation is 1. The molecule has 0 spiro atoms. The third kappa shape index (κ3) is 2.84. The highest BCUT2D eigenvalue weighted by atomic mass is 32.1. The highest BCUT2D eigenvalue weighted by Gasteiger charge is 2.32. The van der Waals surface area contributed by atoms with Gasteiger partial charge in [0.25, 0.3) is 0 Å². The zero-order valence-corrected chi connectivity index (χ0v) is 10.8. The maximum atomic E-state index is 12.0. The average Bonchev–Trinajstić information content (AvgIpc) is 2.74. The van der Waals surface area contributed by atoms with E-state index in [0.29, 0.717) is 18.0 Å². The van der Waals surface area contributed by atoms with Gasteiger partial charge in [0, 0.05) is 17.8 Å². The van der Waals surface area contributed by atoms with E-state index in [1.165, 1.54) is 11.3 Å². The summed E-state index contributed by atoms with van der Waals surface area (Å²) in [5.74, 6) is -2.64. The van der Waals surface area contributed by atoms with Gasteiger partial charge < -0.3 is 15.2 Å². The van der Waals surface area contributed by atoms with Gasteiger partial charge in [-0.25, -0.2) is 0 Å². The Kier molecular flexibility index (Phi) is 3.90. The normalized spacial score (nSPS) is 23.6. The van der Waals surface area contributed by atoms with Gasteiger partial charge in [0.1, 0.15) is 5.01 Å². The third-order valence-corrected chi connectivity index (χ3v) is 3.92. The number of anilines is 1. The number of amides is 1. The Balaban J connectivity index is 2.04. The molecule has 98 valence electrons. The van der Waals surface area contributed by atoms with Crippen LogP contribution in [0.15, 0.2) is 0 Å². The molecule has 1 aromatic rings. The number of nitrogens with one attached hydrogen (secondary N) is 1. The molecule has 1 saturated carbocycles. The van der Waals surface area contributed by atoms with Crippen LogP contribution in [0.2, 0.25) is 0 Å². The highest BCUT2D eigenvalue weighted by Crippen LogP contribution is 2.31. The molecule has 0 bridgehead atoms. The minimum atomic E-state index is -1.14. The van der Waals surface area contributed by atoms with E-state index in [0.717, 1.165) is 17.8 Å². The van der Waals surface area contributed by atoms with E-state index >= 15 is 0 Å². The van der Waals surface area contributed by atoms with Gasteiger partial charge in [-0.1, -0.05) is 24.2 Å². The summed E-state index contributed by atoms with van der Waals surface area (Å²) in [7, 11) is 0. The number of carbonyl (C=O) groups excluding carboxylic acids is 2. The van der Waals surface area contributed by atoms with Crippen LogP contribution >= 0.6 is 11.3 Å². The monoisotopic (exact) mass is 268 g/mol. The van der Waals surface area contributed by atoms with E-state index in [1.807, 2.05) is 0 Å². The van der Waals surface area contributed by atoms with Crippen molar-refractivity contribution in [1.82, 2.24) is 10.2 Å². The van der Waals surface area contributed by atoms with Crippen LogP contribution in [0.4, 0.5) is 5.13 Å². The van der Waals surface area contributed by atoms with Gasteiger partial charge in [-0.3, -0.25) is 4.79 Å². The molecule has 18 heavy (non-hydrogen) atoms. The second kappa shape index (κ2) is 5.43. The first kappa shape index (κ1) is 12.9. The molecule has 1 heterocycles. The van der Waals surface area contributed by atoms with Gasteiger partial charge in [0.05, 0.1) is 0 Å². The molecule has 1 fully saturated rings. The molecule has 0 aliphatic heterocycles. The zero-order chi connectivity index (χ0) is 13.1. The quantitative estimate of drug-likeness (QED) is 0.853. The fraction of sp³-hybridized carbons (Fsp3) is 0.636. The van der Waals surface area contributed by atoms with E-state index < -0.39 is 17.8 Å². The minimum absolute atomic E-state index is 0.292. The molecule has 1 amide bonds. The summed E-state index contributed by atoms with van der Waals surface area (Å²) in [6.45, 7) is 1.79. The summed E-state index contributed by atoms with van der Waals surface area (Å²) in [4.78, 5) is 23.0. The molecular formula is C11H14N3O3S-. The predicted molar refractivity (Wildman–Crippen MR) is 63.7 cm³/mol. The van der Waals surface area contributed by atoms with Crippen LogP contribution in [0, 0.1) is 18.8 Å². The maximum absolute atomic E-state index is 12.0. The number of rotatable bonds is 3. The van der Waals surface area contributed by atoms with Crippen LogP contribution in [0.3, 0.4) is 0 Å². The Morgan fingerprint density at radius 2 is 1.94 bits per heavy atom. The van der Waals surface area contributed by atoms with Crippen LogP contribution < -0.4 is 10.4 Å². The lowest BCUT2D eigenvalue weighted by molar-refractivity contribution is -0.313. The topological polar surface area (TPSA) is 95.0 Å². The smallest absolute Gasteiger partial charge is 0.229 e. The first-order valence-corrected chi connectivity index (χ1v) is 6.71. The Morgan fingerprint density at radius 1 is 1.28 bits per heavy atom. The van der Waals surface area contributed by atoms with Gasteiger partial charge >= 0.3 is 0 Å². The number of aliphatic carboxylic acids is 1. The molecule has 7 heteroatoms. The van der Waals surface area contributed by atoms with Gasteiger partial charge in [-0.15, -0.1) is 10.2 Å². The van der Waals surface area contributed by atoms with E-state index in [-0.39, 0.29) is 5.91 Å². The van der Waals surface area contributed by atoms with E-state index in [4.69, 9.17) is 0 Å². The summed E-state index contributed by atoms with van der Waals surface area (Å²) in [6.07, 6.45) is 2.80. The number of hydrogen-bond acceptors (Lipinski definition) is 6. The van der Waals surface area contributed by atoms with Crippen molar-refractivity contribution in [3.63, 3.8) is 0 Å². The molecule has 2 atom stereocenters. The molecule has 1 aliphatic rings. The Labute approximate surface area is 108 Å². The van der Waals surface area contributed by atoms with Crippen molar-refractivity contribution in [3.05, 3.63) is 5.01 Å². The molecule has 2 rings (SSSR count). The summed E-state index contributed by atoms with van der Waals surface area (Å²) >= 11 is 1.27. The van der Waals surface area contributed by atoms with Crippen LogP contribution in [-0.2, 0) is 9.59 Å². The van der Waals surface area contributed by atoms with Crippen LogP contribution in [-0.4, -0.2) is 22.1 Å². The second-order valence-corrected chi connectivity index (χ2v) is 5.61. The van der Waals surface area contributed by atoms with Crippen molar-refractivity contribution in [2.75, 3.05) is 5.32 Å². The lowest BCUT2D eigenvalue weighted by Crippen LogP contribution is -2.42. The Hall–Kier alpha value is -1.50. The van der Waals surface area contributed by atoms with E-state index in [2.05, 4.69) is 15.5 Å². The Bertz CT molecular complexity index is 460. The SMILES string of the molecule is Cc1nnc(NC(=O)C2CCCCC2C(=O)[O-])s1. The van der Waals surface area contributed by atoms with Gasteiger partial charge in [-0.2, -0.15) is 0 Å². The maximum Gasteiger partial charge on any atom is 0.229 e. The largest absolute Gasteiger partial charge is 0.550 e. The van der Waals surface area contributed by atoms with Gasteiger partial charge in [0.15, 0.2) is 0 Å². The lowest BCUT2D eigenvalue weighted by atomic mass is 9.79. The predicted octanol–water partition coefficient (Wildman–Crippen LogP) is 0.341. The van der Waals surface area contributed by atoms with Crippen molar-refractivity contribution in [3.8, 4) is 0 Å². The minimum Gasteiger partial charge on any atom is -0.550 e. The van der Waals surface area contributed by atoms with Crippen molar-refractivity contribution in [1.29, 1.82) is 0 Å². The second-order valence-electron chi connectivity index (χ2n) is 4.43. The van der Waals surface area contributed by atoms with E-state index in [1.54, 1.807) is 6.92 Å². The van der Waals surface area contributed by atoms with Gasteiger partial charge in [-0.05, 0) is 19.8 Å². The van der Waals surface area contributed by atoms with Crippen molar-refractivity contribution < 1.29 is 14.7 Å². The molecule has 1 N–H and O–H groups in total. The Morgan fingerprint density at radius 3 is 2.50 bits per heavy atom. The number of carbonyl (C=O) groups is 2. The summed E-state index contributed by atoms with van der Waals surface area (Å²) in [5, 5.41) is 22.4. The standard InChI is InChI=1S/C11H15N3O3S/c1-6-13-14-11(18-6)12-9(15)7-4-2-3-5-8(7)10(16)17/h7-8H,2-5H2,1H3,(H,16,17)(H,12,14,15)/p-1. The highest BCUT2D eigenvalue weighted by molar-refractivity contribution is 7.15. The molecule has 2 unspecified atom stereocenters. The number of carboxylic acids is 1. The number of nitrogens with zero attached hydrogens (tertiary/aromatic N) is 2. The third-order valence-electron chi connectivity index (χ3n) is 3.16. The first-order chi connectivity index (χ1) is 8.58. The zero-order valence-electron chi connectivity index (χ0n) is 10.0. The summed E-state index contributed by atoms with van der Waals surface area (Å²) in [6, 6.07) is 0. The van der Waals surface area contributed by atoms with Crippen LogP contribution in [0.25, 0.3) is 0 Å². The van der Waals surface area contributed by atoms with Crippen LogP contribution in [0.1, 0.15) is 30.7 Å². The fourth-order valence-electron chi connectivity index (χ4n) is 2.27. The lowest BCUT2D eigenvalue weighted by Gasteiger charge is -2.30. The molecule has 0 saturated heterocycles. The molecule has 6 nitrogen and oxygen atoms in total. The first-order valence-electron chi connectivity index (χ1n) is 5.90. The van der Waals surface area contributed by atoms with Gasteiger partial charge in [0.2, 0.25) is 11.0 Å². The van der Waals surface area contributed by atoms with Crippen molar-refractivity contribution in [2.45, 2.75) is 32.6 Å². The summed E-state index contributed by atoms with van der Waals surface area (Å²) in [5.41, 5.74) is 0. The van der Waals surface area contributed by atoms with Crippen molar-refractivity contribution in [2.24, 2.45) is 11.8 Å². The van der Waals surface area contributed by atoms with Crippen LogP contribution in [0.5, 0.6) is 0 Å². The molecule has 0 aromatic carbocycles. The molecular weight excluding hydrogens is 254 g/mol. The number of aromatic nitrogens is 2. The molecule has 0 radical (unpaired) electrons. The average molecular weight is 268 g/mol. The molecule has 1 aromatic heterocycles. The fourth-order valence-corrected chi connectivity index (χ4v) is 2.87. The van der Waals surface area contributed by atoms with E-state index in [9.17, 15) is 14.7 Å². The number of hydrogen-bond donors (Lipinski definition) is 1. The summed E-state index contributed by atoms with van der Waals surface area (Å²) < 4.78 is 0.